The van der Waals surface area contributed by atoms with E-state index in [1.807, 2.05) is 389 Å². The molecule has 0 saturated heterocycles. The van der Waals surface area contributed by atoms with Crippen molar-refractivity contribution >= 4 is 0 Å². The summed E-state index contributed by atoms with van der Waals surface area (Å²) >= 11 is 0. The Labute approximate surface area is 794 Å². The summed E-state index contributed by atoms with van der Waals surface area (Å²) in [5.74, 6) is 0. The van der Waals surface area contributed by atoms with Crippen molar-refractivity contribution < 1.29 is 80.4 Å². The molecule has 9 aromatic heterocycles. The monoisotopic (exact) mass is 2340 g/mol. The molecule has 0 fully saturated rings. The van der Waals surface area contributed by atoms with Crippen LogP contribution >= 0.6 is 0 Å². The number of rotatable bonds is 12. The molecule has 0 aliphatic carbocycles. The number of hydrogen-bond acceptors (Lipinski definition) is 9. The Morgan fingerprint density at radius 2 is 0.429 bits per heavy atom. The first-order valence-electron chi connectivity index (χ1n) is 39.8. The molecule has 0 aliphatic heterocycles. The van der Waals surface area contributed by atoms with E-state index in [0.717, 1.165) is 107 Å². The summed E-state index contributed by atoms with van der Waals surface area (Å²) in [5.41, 5.74) is 27.4. The van der Waals surface area contributed by atoms with E-state index in [1.165, 1.54) is 38.9 Å². The molecule has 9 heterocycles. The molecular weight excluding hydrogens is 2250 g/mol. The number of aromatic nitrogens is 9. The second kappa shape index (κ2) is 54.1. The van der Waals surface area contributed by atoms with Crippen LogP contribution in [0.1, 0.15) is 11.3 Å². The first kappa shape index (κ1) is 96.2. The van der Waals surface area contributed by atoms with Crippen molar-refractivity contribution in [2.75, 3.05) is 0 Å². The molecule has 0 bridgehead atoms. The number of pyridine rings is 9. The first-order valence-corrected chi connectivity index (χ1v) is 39.8. The summed E-state index contributed by atoms with van der Waals surface area (Å²) in [7, 11) is 0. The van der Waals surface area contributed by atoms with Crippen molar-refractivity contribution in [2.45, 2.75) is 13.8 Å². The van der Waals surface area contributed by atoms with Crippen LogP contribution in [-0.2, 0) is 80.4 Å². The van der Waals surface area contributed by atoms with Crippen LogP contribution in [0, 0.1) is 62.4 Å². The Kier molecular flexibility index (Phi) is 41.3. The van der Waals surface area contributed by atoms with Gasteiger partial charge in [0.2, 0.25) is 0 Å². The van der Waals surface area contributed by atoms with Gasteiger partial charge in [-0.1, -0.05) is 170 Å². The second-order valence-electron chi connectivity index (χ2n) is 27.0. The summed E-state index contributed by atoms with van der Waals surface area (Å²) in [6.45, 7) is 4.11. The average Bonchev–Trinajstić information content (AvgIpc) is 0.834. The summed E-state index contributed by atoms with van der Waals surface area (Å²) in [6, 6.07) is 163. The van der Waals surface area contributed by atoms with Crippen molar-refractivity contribution in [3.63, 3.8) is 0 Å². The van der Waals surface area contributed by atoms with Crippen LogP contribution in [0.2, 0.25) is 0 Å². The van der Waals surface area contributed by atoms with Gasteiger partial charge in [-0.15, -0.1) is 287 Å². The van der Waals surface area contributed by atoms with E-state index < -0.39 is 0 Å². The van der Waals surface area contributed by atoms with Gasteiger partial charge >= 0.3 is 0 Å². The van der Waals surface area contributed by atoms with Gasteiger partial charge in [0.25, 0.3) is 0 Å². The zero-order valence-corrected chi connectivity index (χ0v) is 78.4. The molecule has 11 aromatic carbocycles. The van der Waals surface area contributed by atoms with E-state index >= 15 is 0 Å². The van der Waals surface area contributed by atoms with E-state index in [-0.39, 0.29) is 80.4 Å². The molecule has 0 amide bonds. The third kappa shape index (κ3) is 30.7. The molecule has 0 saturated carbocycles. The molecule has 0 unspecified atom stereocenters. The topological polar surface area (TPSA) is 116 Å². The fourth-order valence-electron chi connectivity index (χ4n) is 12.4. The minimum atomic E-state index is 0. The fraction of sp³-hybridized carbons (Fsp3) is 0.0177. The van der Waals surface area contributed by atoms with Gasteiger partial charge in [0.1, 0.15) is 0 Å². The predicted molar refractivity (Wildman–Crippen MR) is 497 cm³/mol. The quantitative estimate of drug-likeness (QED) is 0.110. The molecule has 0 spiro atoms. The maximum atomic E-state index is 4.55. The molecule has 13 heteroatoms. The van der Waals surface area contributed by atoms with Gasteiger partial charge < -0.3 is 39.9 Å². The van der Waals surface area contributed by atoms with Gasteiger partial charge in [0, 0.05) is 141 Å². The van der Waals surface area contributed by atoms with Crippen molar-refractivity contribution in [2.24, 2.45) is 0 Å². The van der Waals surface area contributed by atoms with Crippen LogP contribution in [0.4, 0.5) is 0 Å². The second-order valence-corrected chi connectivity index (χ2v) is 27.0. The third-order valence-electron chi connectivity index (χ3n) is 18.4. The zero-order valence-electron chi connectivity index (χ0n) is 68.8. The van der Waals surface area contributed by atoms with E-state index in [4.69, 9.17) is 0 Å². The number of benzene rings is 11. The van der Waals surface area contributed by atoms with E-state index in [1.54, 1.807) is 31.0 Å². The molecule has 624 valence electrons. The van der Waals surface area contributed by atoms with Gasteiger partial charge in [-0.05, 0) is 153 Å². The van der Waals surface area contributed by atoms with Crippen LogP contribution in [0.25, 0.3) is 135 Å². The van der Waals surface area contributed by atoms with Crippen molar-refractivity contribution in [1.82, 2.24) is 44.9 Å². The van der Waals surface area contributed by atoms with E-state index in [2.05, 4.69) is 155 Å². The predicted octanol–water partition coefficient (Wildman–Crippen LogP) is 27.1. The molecule has 0 aliphatic rings. The molecule has 4 radical (unpaired) electrons. The largest absolute Gasteiger partial charge is 0.305 e. The van der Waals surface area contributed by atoms with Crippen LogP contribution in [0.3, 0.4) is 0 Å². The molecule has 0 N–H and O–H groups in total. The Balaban J connectivity index is 0.000000163. The smallest absolute Gasteiger partial charge is 0.0695 e. The van der Waals surface area contributed by atoms with Gasteiger partial charge in [0.05, 0.1) is 5.69 Å². The Bertz CT molecular complexity index is 5600. The first-order chi connectivity index (χ1) is 60.4. The van der Waals surface area contributed by atoms with Crippen LogP contribution < -0.4 is 0 Å². The van der Waals surface area contributed by atoms with Gasteiger partial charge in [-0.3, -0.25) is 4.98 Å². The third-order valence-corrected chi connectivity index (χ3v) is 18.4. The fourth-order valence-corrected chi connectivity index (χ4v) is 12.4. The van der Waals surface area contributed by atoms with E-state index in [0.29, 0.717) is 0 Å². The van der Waals surface area contributed by atoms with Gasteiger partial charge in [-0.2, -0.15) is 0 Å². The van der Waals surface area contributed by atoms with Crippen molar-refractivity contribution in [3.8, 4) is 135 Å². The summed E-state index contributed by atoms with van der Waals surface area (Å²) in [4.78, 5) is 39.1. The Hall–Kier alpha value is -13.6. The molecule has 20 rings (SSSR count). The molecule has 9 nitrogen and oxygen atoms in total. The van der Waals surface area contributed by atoms with Crippen molar-refractivity contribution in [3.05, 3.63) is 528 Å². The van der Waals surface area contributed by atoms with Crippen molar-refractivity contribution in [1.29, 1.82) is 0 Å². The van der Waals surface area contributed by atoms with Gasteiger partial charge in [0.15, 0.2) is 0 Å². The standard InChI is InChI=1S/C18H14N.2C17H12N.C16H11N2.C12H10N.3C11H8N.4Ir/c1-14-12-18(16-10-6-3-7-11-16)19-13-17(14)15-8-4-2-5-9-15;2*1-3-7-14(8-4-1)16-11-12-18-17(13-16)15-9-5-2-6-10-15;1-2-6-13(7-3-1)16-12-14(9-11-18-16)15-8-4-5-10-17-15;1-10-6-5-9-12(13-10)11-7-3-2-4-8-11;3*1-2-6-10(7-3-1)11-8-4-5-9-12-11;;;;/h2-10,12-13H,1H3;2*1-9,11-13H;1-6,8-12H;2-7,9H,1H3;3*1-6,8-9H;;;;/q8*-1;;;;. The Morgan fingerprint density at radius 3 is 0.722 bits per heavy atom. The van der Waals surface area contributed by atoms with Crippen LogP contribution in [0.5, 0.6) is 0 Å². The summed E-state index contributed by atoms with van der Waals surface area (Å²) < 4.78 is 0. The normalized spacial score (nSPS) is 9.73. The number of hydrogen-bond donors (Lipinski definition) is 0. The SMILES string of the molecule is Cc1cc(-c2[c-]cccc2)ncc1-c1ccccc1.Cc1cccc(-c2[c-]cccc2)n1.[Ir].[Ir].[Ir].[Ir].[c-]1ccccc1-c1cc(-c2ccccc2)ccn1.[c-]1ccccc1-c1cc(-c2ccccc2)ccn1.[c-]1ccccc1-c1cc(-c2ccccn2)ccn1.[c-]1ccccc1-c1ccccn1.[c-]1ccccc1-c1ccccn1.[c-]1ccccc1-c1ccccn1. The maximum absolute atomic E-state index is 4.55. The molecule has 20 aromatic rings. The van der Waals surface area contributed by atoms with Crippen LogP contribution in [0.15, 0.2) is 468 Å². The Morgan fingerprint density at radius 1 is 0.175 bits per heavy atom. The van der Waals surface area contributed by atoms with Crippen LogP contribution in [-0.4, -0.2) is 44.9 Å². The number of aryl methyl sites for hydroxylation is 2. The molecule has 126 heavy (non-hydrogen) atoms. The summed E-state index contributed by atoms with van der Waals surface area (Å²) in [5, 5.41) is 0. The maximum Gasteiger partial charge on any atom is 0.0695 e. The molecular formula is C113H83Ir4N9-8. The average molecular weight is 2340 g/mol. The number of nitrogens with zero attached hydrogens (tertiary/aromatic N) is 9. The zero-order chi connectivity index (χ0) is 83.5. The summed E-state index contributed by atoms with van der Waals surface area (Å²) in [6.07, 6.45) is 14.6. The van der Waals surface area contributed by atoms with E-state index in [9.17, 15) is 0 Å². The minimum absolute atomic E-state index is 0. The minimum Gasteiger partial charge on any atom is -0.305 e. The molecule has 0 atom stereocenters. The van der Waals surface area contributed by atoms with Gasteiger partial charge in [-0.25, -0.2) is 0 Å².